The van der Waals surface area contributed by atoms with Crippen LogP contribution in [0.15, 0.2) is 48.5 Å². The molecule has 2 aromatic rings. The monoisotopic (exact) mass is 346 g/mol. The lowest BCUT2D eigenvalue weighted by Gasteiger charge is -2.10. The van der Waals surface area contributed by atoms with Crippen molar-refractivity contribution in [2.24, 2.45) is 0 Å². The fraction of sp³-hybridized carbons (Fsp3) is 0.316. The van der Waals surface area contributed by atoms with Crippen LogP contribution in [-0.4, -0.2) is 13.2 Å². The van der Waals surface area contributed by atoms with Crippen LogP contribution in [0.3, 0.4) is 0 Å². The van der Waals surface area contributed by atoms with E-state index in [2.05, 4.69) is 16.1 Å². The van der Waals surface area contributed by atoms with Gasteiger partial charge >= 0.3 is 6.61 Å². The molecule has 2 aromatic carbocycles. The van der Waals surface area contributed by atoms with Gasteiger partial charge in [0.2, 0.25) is 0 Å². The summed E-state index contributed by atoms with van der Waals surface area (Å²) < 4.78 is 34.5. The zero-order valence-corrected chi connectivity index (χ0v) is 13.8. The lowest BCUT2D eigenvalue weighted by molar-refractivity contribution is -0.0498. The number of nitriles is 1. The molecule has 0 amide bonds. The van der Waals surface area contributed by atoms with Gasteiger partial charge in [0.1, 0.15) is 11.5 Å². The summed E-state index contributed by atoms with van der Waals surface area (Å²) in [6.45, 7) is -1.15. The molecule has 0 unspecified atom stereocenters. The number of nitrogens with zero attached hydrogens (tertiary/aromatic N) is 1. The molecule has 0 heterocycles. The molecule has 0 aliphatic rings. The Labute approximate surface area is 146 Å². The fourth-order valence-electron chi connectivity index (χ4n) is 2.27. The third-order valence-electron chi connectivity index (χ3n) is 3.38. The van der Waals surface area contributed by atoms with Crippen LogP contribution < -0.4 is 14.8 Å². The lowest BCUT2D eigenvalue weighted by Crippen LogP contribution is -2.13. The first-order valence-electron chi connectivity index (χ1n) is 8.00. The topological polar surface area (TPSA) is 54.3 Å². The van der Waals surface area contributed by atoms with Gasteiger partial charge in [-0.05, 0) is 41.8 Å². The Balaban J connectivity index is 1.80. The molecule has 25 heavy (non-hydrogen) atoms. The molecule has 0 spiro atoms. The van der Waals surface area contributed by atoms with Crippen molar-refractivity contribution in [3.05, 3.63) is 59.7 Å². The summed E-state index contributed by atoms with van der Waals surface area (Å²) in [4.78, 5) is 0. The lowest BCUT2D eigenvalue weighted by atomic mass is 10.2. The number of rotatable bonds is 10. The molecule has 1 N–H and O–H groups in total. The third kappa shape index (κ3) is 7.19. The van der Waals surface area contributed by atoms with Crippen molar-refractivity contribution in [2.45, 2.75) is 32.5 Å². The standard InChI is InChI=1S/C19H20F2N2O2/c20-19(21)25-18-8-4-6-16(12-18)14-23-13-15-5-3-7-17(11-15)24-10-2-1-9-22/h3-8,11-12,19,23H,1-2,10,13-14H2. The summed E-state index contributed by atoms with van der Waals surface area (Å²) >= 11 is 0. The second kappa shape index (κ2) is 10.3. The maximum Gasteiger partial charge on any atom is 0.387 e. The van der Waals surface area contributed by atoms with E-state index in [9.17, 15) is 8.78 Å². The summed E-state index contributed by atoms with van der Waals surface area (Å²) in [5.41, 5.74) is 1.92. The SMILES string of the molecule is N#CCCCOc1cccc(CNCc2cccc(OC(F)F)c2)c1. The van der Waals surface area contributed by atoms with E-state index in [1.165, 1.54) is 6.07 Å². The number of benzene rings is 2. The molecule has 0 aliphatic heterocycles. The average molecular weight is 346 g/mol. The number of unbranched alkanes of at least 4 members (excludes halogenated alkanes) is 1. The minimum atomic E-state index is -2.82. The summed E-state index contributed by atoms with van der Waals surface area (Å²) in [5, 5.41) is 11.8. The summed E-state index contributed by atoms with van der Waals surface area (Å²) in [6.07, 6.45) is 1.19. The minimum Gasteiger partial charge on any atom is -0.494 e. The zero-order valence-electron chi connectivity index (χ0n) is 13.8. The number of ether oxygens (including phenoxy) is 2. The highest BCUT2D eigenvalue weighted by Crippen LogP contribution is 2.17. The van der Waals surface area contributed by atoms with Gasteiger partial charge in [-0.1, -0.05) is 24.3 Å². The van der Waals surface area contributed by atoms with Gasteiger partial charge in [-0.15, -0.1) is 0 Å². The number of hydrogen-bond acceptors (Lipinski definition) is 4. The second-order valence-corrected chi connectivity index (χ2v) is 5.39. The molecule has 0 saturated carbocycles. The number of halogens is 2. The van der Waals surface area contributed by atoms with Gasteiger partial charge in [0.25, 0.3) is 0 Å². The van der Waals surface area contributed by atoms with Crippen LogP contribution in [-0.2, 0) is 13.1 Å². The van der Waals surface area contributed by atoms with Gasteiger partial charge in [0, 0.05) is 19.5 Å². The van der Waals surface area contributed by atoms with Gasteiger partial charge in [0.05, 0.1) is 12.7 Å². The van der Waals surface area contributed by atoms with Crippen molar-refractivity contribution in [3.63, 3.8) is 0 Å². The van der Waals surface area contributed by atoms with E-state index in [-0.39, 0.29) is 5.75 Å². The first kappa shape index (κ1) is 18.7. The quantitative estimate of drug-likeness (QED) is 0.653. The third-order valence-corrected chi connectivity index (χ3v) is 3.38. The van der Waals surface area contributed by atoms with Crippen molar-refractivity contribution >= 4 is 0 Å². The Morgan fingerprint density at radius 3 is 2.28 bits per heavy atom. The number of alkyl halides is 2. The highest BCUT2D eigenvalue weighted by molar-refractivity contribution is 5.30. The highest BCUT2D eigenvalue weighted by atomic mass is 19.3. The molecule has 0 atom stereocenters. The normalized spacial score (nSPS) is 10.5. The average Bonchev–Trinajstić information content (AvgIpc) is 2.59. The van der Waals surface area contributed by atoms with Crippen molar-refractivity contribution in [1.82, 2.24) is 5.32 Å². The maximum atomic E-state index is 12.2. The number of nitrogens with one attached hydrogen (secondary N) is 1. The molecule has 2 rings (SSSR count). The predicted octanol–water partition coefficient (Wildman–Crippen LogP) is 4.26. The summed E-state index contributed by atoms with van der Waals surface area (Å²) in [5.74, 6) is 0.923. The molecular formula is C19H20F2N2O2. The summed E-state index contributed by atoms with van der Waals surface area (Å²) in [6, 6.07) is 16.4. The molecule has 0 fully saturated rings. The molecular weight excluding hydrogens is 326 g/mol. The Hall–Kier alpha value is -2.65. The van der Waals surface area contributed by atoms with Gasteiger partial charge in [0.15, 0.2) is 0 Å². The molecule has 0 aromatic heterocycles. The molecule has 6 heteroatoms. The predicted molar refractivity (Wildman–Crippen MR) is 90.4 cm³/mol. The summed E-state index contributed by atoms with van der Waals surface area (Å²) in [7, 11) is 0. The minimum absolute atomic E-state index is 0.155. The van der Waals surface area contributed by atoms with E-state index in [1.807, 2.05) is 30.3 Å². The smallest absolute Gasteiger partial charge is 0.387 e. The van der Waals surface area contributed by atoms with E-state index in [0.29, 0.717) is 32.5 Å². The van der Waals surface area contributed by atoms with E-state index < -0.39 is 6.61 Å². The van der Waals surface area contributed by atoms with Crippen molar-refractivity contribution < 1.29 is 18.3 Å². The van der Waals surface area contributed by atoms with Gasteiger partial charge < -0.3 is 14.8 Å². The van der Waals surface area contributed by atoms with Crippen LogP contribution in [0.2, 0.25) is 0 Å². The van der Waals surface area contributed by atoms with Gasteiger partial charge in [-0.2, -0.15) is 14.0 Å². The van der Waals surface area contributed by atoms with Crippen LogP contribution in [0.25, 0.3) is 0 Å². The first-order chi connectivity index (χ1) is 12.2. The van der Waals surface area contributed by atoms with Crippen LogP contribution in [0.5, 0.6) is 11.5 Å². The Bertz CT molecular complexity index is 702. The van der Waals surface area contributed by atoms with Crippen molar-refractivity contribution in [1.29, 1.82) is 5.26 Å². The van der Waals surface area contributed by atoms with Crippen LogP contribution in [0.4, 0.5) is 8.78 Å². The van der Waals surface area contributed by atoms with E-state index in [0.717, 1.165) is 16.9 Å². The van der Waals surface area contributed by atoms with Gasteiger partial charge in [-0.25, -0.2) is 0 Å². The molecule has 0 bridgehead atoms. The van der Waals surface area contributed by atoms with Crippen molar-refractivity contribution in [2.75, 3.05) is 6.61 Å². The number of hydrogen-bond donors (Lipinski definition) is 1. The highest BCUT2D eigenvalue weighted by Gasteiger charge is 2.04. The molecule has 132 valence electrons. The van der Waals surface area contributed by atoms with E-state index >= 15 is 0 Å². The Kier molecular flexibility index (Phi) is 7.67. The first-order valence-corrected chi connectivity index (χ1v) is 8.00. The second-order valence-electron chi connectivity index (χ2n) is 5.39. The fourth-order valence-corrected chi connectivity index (χ4v) is 2.27. The van der Waals surface area contributed by atoms with E-state index in [1.54, 1.807) is 12.1 Å². The zero-order chi connectivity index (χ0) is 17.9. The van der Waals surface area contributed by atoms with Crippen LogP contribution in [0.1, 0.15) is 24.0 Å². The van der Waals surface area contributed by atoms with Crippen molar-refractivity contribution in [3.8, 4) is 17.6 Å². The van der Waals surface area contributed by atoms with Crippen LogP contribution in [0, 0.1) is 11.3 Å². The molecule has 0 aliphatic carbocycles. The Morgan fingerprint density at radius 2 is 1.64 bits per heavy atom. The van der Waals surface area contributed by atoms with Gasteiger partial charge in [-0.3, -0.25) is 0 Å². The van der Waals surface area contributed by atoms with Crippen LogP contribution >= 0.6 is 0 Å². The Morgan fingerprint density at radius 1 is 1.00 bits per heavy atom. The molecule has 0 radical (unpaired) electrons. The largest absolute Gasteiger partial charge is 0.494 e. The molecule has 0 saturated heterocycles. The molecule has 4 nitrogen and oxygen atoms in total. The van der Waals surface area contributed by atoms with E-state index in [4.69, 9.17) is 10.00 Å². The maximum absolute atomic E-state index is 12.2.